The van der Waals surface area contributed by atoms with Crippen LogP contribution >= 0.6 is 0 Å². The van der Waals surface area contributed by atoms with Crippen molar-refractivity contribution in [1.29, 1.82) is 0 Å². The molecule has 0 saturated heterocycles. The maximum Gasteiger partial charge on any atom is 0.198 e. The van der Waals surface area contributed by atoms with E-state index in [0.717, 1.165) is 12.1 Å². The van der Waals surface area contributed by atoms with Crippen molar-refractivity contribution in [2.75, 3.05) is 6.61 Å². The second kappa shape index (κ2) is 6.67. The van der Waals surface area contributed by atoms with Crippen molar-refractivity contribution in [2.24, 2.45) is 0 Å². The van der Waals surface area contributed by atoms with E-state index in [1.807, 2.05) is 13.8 Å². The molecule has 2 aromatic rings. The van der Waals surface area contributed by atoms with Gasteiger partial charge in [-0.3, -0.25) is 4.68 Å². The summed E-state index contributed by atoms with van der Waals surface area (Å²) >= 11 is 0. The summed E-state index contributed by atoms with van der Waals surface area (Å²) in [4.78, 5) is 0. The number of aromatic nitrogens is 2. The predicted molar refractivity (Wildman–Crippen MR) is 74.5 cm³/mol. The molecule has 0 aliphatic rings. The Labute approximate surface area is 122 Å². The SMILES string of the molecule is CCc1nn(CCO)c(CC)c1Oc1c(F)cccc1F. The molecule has 21 heavy (non-hydrogen) atoms. The lowest BCUT2D eigenvalue weighted by Gasteiger charge is -2.10. The Morgan fingerprint density at radius 3 is 2.33 bits per heavy atom. The van der Waals surface area contributed by atoms with Crippen LogP contribution in [0.15, 0.2) is 18.2 Å². The first-order valence-electron chi connectivity index (χ1n) is 6.93. The minimum atomic E-state index is -0.756. The zero-order valence-corrected chi connectivity index (χ0v) is 12.1. The fourth-order valence-corrected chi connectivity index (χ4v) is 2.19. The van der Waals surface area contributed by atoms with Gasteiger partial charge in [-0.2, -0.15) is 5.10 Å². The Morgan fingerprint density at radius 1 is 1.14 bits per heavy atom. The van der Waals surface area contributed by atoms with Crippen LogP contribution in [-0.4, -0.2) is 21.5 Å². The topological polar surface area (TPSA) is 47.3 Å². The number of para-hydroxylation sites is 1. The van der Waals surface area contributed by atoms with Crippen molar-refractivity contribution >= 4 is 0 Å². The molecular weight excluding hydrogens is 278 g/mol. The molecule has 1 heterocycles. The molecule has 6 heteroatoms. The number of rotatable bonds is 6. The molecule has 0 fully saturated rings. The lowest BCUT2D eigenvalue weighted by molar-refractivity contribution is 0.267. The average molecular weight is 296 g/mol. The van der Waals surface area contributed by atoms with Gasteiger partial charge in [0.1, 0.15) is 5.69 Å². The quantitative estimate of drug-likeness (QED) is 0.891. The van der Waals surface area contributed by atoms with Crippen LogP contribution in [-0.2, 0) is 19.4 Å². The normalized spacial score (nSPS) is 10.9. The molecule has 0 atom stereocenters. The third-order valence-corrected chi connectivity index (χ3v) is 3.18. The van der Waals surface area contributed by atoms with E-state index in [9.17, 15) is 8.78 Å². The van der Waals surface area contributed by atoms with Gasteiger partial charge in [0.15, 0.2) is 23.1 Å². The molecule has 0 radical (unpaired) electrons. The van der Waals surface area contributed by atoms with E-state index in [4.69, 9.17) is 9.84 Å². The van der Waals surface area contributed by atoms with Crippen molar-refractivity contribution in [3.63, 3.8) is 0 Å². The summed E-state index contributed by atoms with van der Waals surface area (Å²) in [5.74, 6) is -1.56. The van der Waals surface area contributed by atoms with E-state index < -0.39 is 17.4 Å². The van der Waals surface area contributed by atoms with Crippen molar-refractivity contribution in [2.45, 2.75) is 33.2 Å². The van der Waals surface area contributed by atoms with Gasteiger partial charge in [0.05, 0.1) is 18.8 Å². The van der Waals surface area contributed by atoms with Gasteiger partial charge in [0, 0.05) is 0 Å². The molecule has 0 bridgehead atoms. The summed E-state index contributed by atoms with van der Waals surface area (Å²) in [5.41, 5.74) is 1.33. The number of hydrogen-bond donors (Lipinski definition) is 1. The summed E-state index contributed by atoms with van der Waals surface area (Å²) < 4.78 is 34.6. The molecular formula is C15H18F2N2O2. The first kappa shape index (κ1) is 15.4. The van der Waals surface area contributed by atoms with E-state index in [1.54, 1.807) is 4.68 Å². The van der Waals surface area contributed by atoms with E-state index in [0.29, 0.717) is 36.5 Å². The zero-order valence-electron chi connectivity index (χ0n) is 12.1. The first-order chi connectivity index (χ1) is 10.1. The minimum absolute atomic E-state index is 0.0642. The Kier molecular flexibility index (Phi) is 4.90. The number of aliphatic hydroxyl groups excluding tert-OH is 1. The summed E-state index contributed by atoms with van der Waals surface area (Å²) in [7, 11) is 0. The highest BCUT2D eigenvalue weighted by molar-refractivity contribution is 5.40. The second-order valence-electron chi connectivity index (χ2n) is 4.53. The summed E-state index contributed by atoms with van der Waals surface area (Å²) in [5, 5.41) is 13.4. The van der Waals surface area contributed by atoms with E-state index in [1.165, 1.54) is 6.07 Å². The summed E-state index contributed by atoms with van der Waals surface area (Å²) in [6.07, 6.45) is 1.15. The van der Waals surface area contributed by atoms with Crippen LogP contribution in [0.3, 0.4) is 0 Å². The molecule has 0 aliphatic heterocycles. The number of nitrogens with zero attached hydrogens (tertiary/aromatic N) is 2. The lowest BCUT2D eigenvalue weighted by atomic mass is 10.2. The number of halogens is 2. The van der Waals surface area contributed by atoms with Crippen LogP contribution in [0.4, 0.5) is 8.78 Å². The molecule has 0 saturated carbocycles. The van der Waals surface area contributed by atoms with Gasteiger partial charge in [0.25, 0.3) is 0 Å². The Morgan fingerprint density at radius 2 is 1.81 bits per heavy atom. The summed E-state index contributed by atoms with van der Waals surface area (Å²) in [6, 6.07) is 3.58. The fourth-order valence-electron chi connectivity index (χ4n) is 2.19. The predicted octanol–water partition coefficient (Wildman–Crippen LogP) is 3.07. The molecule has 2 rings (SSSR count). The molecule has 0 aliphatic carbocycles. The highest BCUT2D eigenvalue weighted by Crippen LogP contribution is 2.33. The maximum atomic E-state index is 13.7. The molecule has 0 amide bonds. The number of hydrogen-bond acceptors (Lipinski definition) is 3. The Balaban J connectivity index is 2.47. The van der Waals surface area contributed by atoms with Gasteiger partial charge < -0.3 is 9.84 Å². The van der Waals surface area contributed by atoms with Gasteiger partial charge in [-0.1, -0.05) is 19.9 Å². The van der Waals surface area contributed by atoms with Gasteiger partial charge in [-0.15, -0.1) is 0 Å². The van der Waals surface area contributed by atoms with Crippen LogP contribution in [0.1, 0.15) is 25.2 Å². The van der Waals surface area contributed by atoms with Gasteiger partial charge >= 0.3 is 0 Å². The number of ether oxygens (including phenoxy) is 1. The van der Waals surface area contributed by atoms with Crippen LogP contribution in [0.5, 0.6) is 11.5 Å². The van der Waals surface area contributed by atoms with Crippen molar-refractivity contribution in [1.82, 2.24) is 9.78 Å². The molecule has 0 spiro atoms. The van der Waals surface area contributed by atoms with Crippen molar-refractivity contribution in [3.05, 3.63) is 41.2 Å². The van der Waals surface area contributed by atoms with Crippen LogP contribution in [0.2, 0.25) is 0 Å². The molecule has 1 N–H and O–H groups in total. The smallest absolute Gasteiger partial charge is 0.198 e. The Hall–Kier alpha value is -1.95. The summed E-state index contributed by atoms with van der Waals surface area (Å²) in [6.45, 7) is 4.04. The zero-order chi connectivity index (χ0) is 15.4. The largest absolute Gasteiger partial charge is 0.447 e. The lowest BCUT2D eigenvalue weighted by Crippen LogP contribution is -2.08. The monoisotopic (exact) mass is 296 g/mol. The highest BCUT2D eigenvalue weighted by atomic mass is 19.1. The Bertz CT molecular complexity index is 606. The molecule has 4 nitrogen and oxygen atoms in total. The second-order valence-corrected chi connectivity index (χ2v) is 4.53. The van der Waals surface area contributed by atoms with E-state index in [2.05, 4.69) is 5.10 Å². The standard InChI is InChI=1S/C15H18F2N2O2/c1-3-12-15(13(4-2)19(18-12)8-9-20)21-14-10(16)6-5-7-11(14)17/h5-7,20H,3-4,8-9H2,1-2H3. The number of aliphatic hydroxyl groups is 1. The molecule has 0 unspecified atom stereocenters. The van der Waals surface area contributed by atoms with Gasteiger partial charge in [-0.25, -0.2) is 8.78 Å². The fraction of sp³-hybridized carbons (Fsp3) is 0.400. The van der Waals surface area contributed by atoms with Crippen molar-refractivity contribution in [3.8, 4) is 11.5 Å². The average Bonchev–Trinajstić information content (AvgIpc) is 2.80. The third kappa shape index (κ3) is 3.05. The van der Waals surface area contributed by atoms with E-state index >= 15 is 0 Å². The van der Waals surface area contributed by atoms with Crippen molar-refractivity contribution < 1.29 is 18.6 Å². The molecule has 1 aromatic heterocycles. The van der Waals surface area contributed by atoms with E-state index in [-0.39, 0.29) is 6.61 Å². The van der Waals surface area contributed by atoms with Crippen LogP contribution in [0.25, 0.3) is 0 Å². The van der Waals surface area contributed by atoms with Crippen LogP contribution in [0, 0.1) is 11.6 Å². The molecule has 114 valence electrons. The van der Waals surface area contributed by atoms with Crippen LogP contribution < -0.4 is 4.74 Å². The molecule has 1 aromatic carbocycles. The van der Waals surface area contributed by atoms with Gasteiger partial charge in [-0.05, 0) is 25.0 Å². The first-order valence-corrected chi connectivity index (χ1v) is 6.93. The van der Waals surface area contributed by atoms with Gasteiger partial charge in [0.2, 0.25) is 0 Å². The highest BCUT2D eigenvalue weighted by Gasteiger charge is 2.20. The maximum absolute atomic E-state index is 13.7. The number of benzene rings is 1. The third-order valence-electron chi connectivity index (χ3n) is 3.18. The minimum Gasteiger partial charge on any atom is -0.447 e. The number of aryl methyl sites for hydroxylation is 1.